The maximum Gasteiger partial charge on any atom is 0.246 e. The summed E-state index contributed by atoms with van der Waals surface area (Å²) in [5.74, 6) is 0.121. The van der Waals surface area contributed by atoms with Crippen molar-refractivity contribution in [3.05, 3.63) is 28.5 Å². The lowest BCUT2D eigenvalue weighted by molar-refractivity contribution is -0.128. The van der Waals surface area contributed by atoms with Gasteiger partial charge >= 0.3 is 0 Å². The monoisotopic (exact) mass is 321 g/mol. The summed E-state index contributed by atoms with van der Waals surface area (Å²) in [5, 5.41) is 2.02. The predicted octanol–water partition coefficient (Wildman–Crippen LogP) is 2.81. The van der Waals surface area contributed by atoms with E-state index < -0.39 is 0 Å². The average Bonchev–Trinajstić information content (AvgIpc) is 3.17. The summed E-state index contributed by atoms with van der Waals surface area (Å²) in [6, 6.07) is 4.02. The van der Waals surface area contributed by atoms with E-state index in [9.17, 15) is 4.79 Å². The molecule has 1 aromatic rings. The van der Waals surface area contributed by atoms with Crippen molar-refractivity contribution in [1.82, 2.24) is 4.90 Å². The molecule has 0 aromatic carbocycles. The molecule has 0 radical (unpaired) electrons. The van der Waals surface area contributed by atoms with Crippen molar-refractivity contribution in [3.8, 4) is 0 Å². The van der Waals surface area contributed by atoms with Crippen molar-refractivity contribution in [1.29, 1.82) is 0 Å². The number of amides is 1. The Balaban J connectivity index is 1.50. The molecule has 120 valence electrons. The van der Waals surface area contributed by atoms with E-state index in [2.05, 4.69) is 0 Å². The van der Waals surface area contributed by atoms with Crippen molar-refractivity contribution in [2.45, 2.75) is 25.4 Å². The lowest BCUT2D eigenvalue weighted by atomic mass is 9.76. The van der Waals surface area contributed by atoms with Crippen LogP contribution in [0.3, 0.4) is 0 Å². The second-order valence-corrected chi connectivity index (χ2v) is 7.25. The van der Waals surface area contributed by atoms with Gasteiger partial charge in [-0.2, -0.15) is 0 Å². The summed E-state index contributed by atoms with van der Waals surface area (Å²) in [5.41, 5.74) is 0.261. The Hall–Kier alpha value is -1.17. The molecular formula is C17H23NO3S. The van der Waals surface area contributed by atoms with Gasteiger partial charge in [0.1, 0.15) is 0 Å². The number of ether oxygens (including phenoxy) is 2. The Bertz CT molecular complexity index is 518. The SMILES string of the molecule is COCC1CC2(CCN(C(=O)/C=C/c3cccs3)CC2)CO1. The number of likely N-dealkylation sites (tertiary alicyclic amines) is 1. The van der Waals surface area contributed by atoms with E-state index in [1.54, 1.807) is 24.5 Å². The number of nitrogens with zero attached hydrogens (tertiary/aromatic N) is 1. The van der Waals surface area contributed by atoms with Crippen LogP contribution in [-0.4, -0.2) is 50.3 Å². The molecule has 2 saturated heterocycles. The summed E-state index contributed by atoms with van der Waals surface area (Å²) < 4.78 is 11.0. The van der Waals surface area contributed by atoms with Gasteiger partial charge in [-0.05, 0) is 42.2 Å². The van der Waals surface area contributed by atoms with E-state index in [0.29, 0.717) is 6.61 Å². The Morgan fingerprint density at radius 3 is 3.05 bits per heavy atom. The lowest BCUT2D eigenvalue weighted by Gasteiger charge is -2.38. The average molecular weight is 321 g/mol. The van der Waals surface area contributed by atoms with Gasteiger partial charge in [-0.3, -0.25) is 4.79 Å². The van der Waals surface area contributed by atoms with Gasteiger partial charge in [0.15, 0.2) is 0 Å². The molecule has 0 N–H and O–H groups in total. The van der Waals surface area contributed by atoms with E-state index in [4.69, 9.17) is 9.47 Å². The second kappa shape index (κ2) is 6.94. The number of carbonyl (C=O) groups is 1. The Morgan fingerprint density at radius 1 is 1.55 bits per heavy atom. The third-order valence-corrected chi connectivity index (χ3v) is 5.55. The molecule has 0 saturated carbocycles. The molecule has 1 amide bonds. The van der Waals surface area contributed by atoms with Crippen LogP contribution < -0.4 is 0 Å². The largest absolute Gasteiger partial charge is 0.382 e. The molecule has 1 spiro atoms. The fraction of sp³-hybridized carbons (Fsp3) is 0.588. The highest BCUT2D eigenvalue weighted by Crippen LogP contribution is 2.42. The molecule has 0 aliphatic carbocycles. The highest BCUT2D eigenvalue weighted by atomic mass is 32.1. The molecule has 2 fully saturated rings. The van der Waals surface area contributed by atoms with E-state index in [0.717, 1.165) is 43.8 Å². The van der Waals surface area contributed by atoms with Crippen LogP contribution in [-0.2, 0) is 14.3 Å². The number of hydrogen-bond donors (Lipinski definition) is 0. The number of rotatable bonds is 4. The van der Waals surface area contributed by atoms with Gasteiger partial charge in [-0.15, -0.1) is 11.3 Å². The van der Waals surface area contributed by atoms with E-state index in [1.165, 1.54) is 0 Å². The maximum atomic E-state index is 12.3. The Kier molecular flexibility index (Phi) is 4.96. The number of carbonyl (C=O) groups excluding carboxylic acids is 1. The van der Waals surface area contributed by atoms with Crippen LogP contribution in [0.5, 0.6) is 0 Å². The Morgan fingerprint density at radius 2 is 2.36 bits per heavy atom. The molecule has 3 rings (SSSR count). The summed E-state index contributed by atoms with van der Waals surface area (Å²) in [6.45, 7) is 3.15. The minimum Gasteiger partial charge on any atom is -0.382 e. The quantitative estimate of drug-likeness (QED) is 0.801. The van der Waals surface area contributed by atoms with Crippen molar-refractivity contribution < 1.29 is 14.3 Å². The van der Waals surface area contributed by atoms with Crippen molar-refractivity contribution >= 4 is 23.3 Å². The first-order chi connectivity index (χ1) is 10.7. The summed E-state index contributed by atoms with van der Waals surface area (Å²) in [6.07, 6.45) is 6.96. The number of piperidine rings is 1. The molecule has 1 aromatic heterocycles. The molecule has 0 bridgehead atoms. The number of methoxy groups -OCH3 is 1. The van der Waals surface area contributed by atoms with Crippen LogP contribution in [0.2, 0.25) is 0 Å². The predicted molar refractivity (Wildman–Crippen MR) is 87.8 cm³/mol. The second-order valence-electron chi connectivity index (χ2n) is 6.27. The van der Waals surface area contributed by atoms with E-state index in [1.807, 2.05) is 28.5 Å². The molecule has 2 aliphatic rings. The fourth-order valence-corrected chi connectivity index (χ4v) is 4.00. The molecule has 3 heterocycles. The van der Waals surface area contributed by atoms with Gasteiger partial charge in [0.2, 0.25) is 5.91 Å². The molecule has 22 heavy (non-hydrogen) atoms. The van der Waals surface area contributed by atoms with Crippen LogP contribution in [0.15, 0.2) is 23.6 Å². The van der Waals surface area contributed by atoms with Gasteiger partial charge in [0.05, 0.1) is 19.3 Å². The lowest BCUT2D eigenvalue weighted by Crippen LogP contribution is -2.43. The number of thiophene rings is 1. The Labute approximate surface area is 135 Å². The normalized spacial score (nSPS) is 24.4. The summed E-state index contributed by atoms with van der Waals surface area (Å²) in [7, 11) is 1.72. The van der Waals surface area contributed by atoms with Crippen molar-refractivity contribution in [3.63, 3.8) is 0 Å². The van der Waals surface area contributed by atoms with Crippen LogP contribution >= 0.6 is 11.3 Å². The third kappa shape index (κ3) is 3.59. The molecule has 4 nitrogen and oxygen atoms in total. The first kappa shape index (κ1) is 15.7. The topological polar surface area (TPSA) is 38.8 Å². The maximum absolute atomic E-state index is 12.3. The number of hydrogen-bond acceptors (Lipinski definition) is 4. The standard InChI is InChI=1S/C17H23NO3S/c1-20-12-14-11-17(13-21-14)6-8-18(9-7-17)16(19)5-4-15-3-2-10-22-15/h2-5,10,14H,6-9,11-13H2,1H3/b5-4+. The van der Waals surface area contributed by atoms with Crippen LogP contribution in [0, 0.1) is 5.41 Å². The highest BCUT2D eigenvalue weighted by molar-refractivity contribution is 7.10. The van der Waals surface area contributed by atoms with Crippen molar-refractivity contribution in [2.24, 2.45) is 5.41 Å². The van der Waals surface area contributed by atoms with E-state index >= 15 is 0 Å². The van der Waals surface area contributed by atoms with Gasteiger partial charge in [-0.25, -0.2) is 0 Å². The van der Waals surface area contributed by atoms with Gasteiger partial charge < -0.3 is 14.4 Å². The smallest absolute Gasteiger partial charge is 0.246 e. The van der Waals surface area contributed by atoms with E-state index in [-0.39, 0.29) is 17.4 Å². The fourth-order valence-electron chi connectivity index (χ4n) is 3.38. The van der Waals surface area contributed by atoms with Crippen LogP contribution in [0.1, 0.15) is 24.1 Å². The first-order valence-corrected chi connectivity index (χ1v) is 8.70. The summed E-state index contributed by atoms with van der Waals surface area (Å²) >= 11 is 1.65. The molecule has 1 atom stereocenters. The van der Waals surface area contributed by atoms with Crippen LogP contribution in [0.25, 0.3) is 6.08 Å². The van der Waals surface area contributed by atoms with Crippen molar-refractivity contribution in [2.75, 3.05) is 33.4 Å². The van der Waals surface area contributed by atoms with Gasteiger partial charge in [0, 0.05) is 31.2 Å². The zero-order chi connectivity index (χ0) is 15.4. The van der Waals surface area contributed by atoms with Gasteiger partial charge in [-0.1, -0.05) is 6.07 Å². The van der Waals surface area contributed by atoms with Crippen LogP contribution in [0.4, 0.5) is 0 Å². The minimum absolute atomic E-state index is 0.121. The summed E-state index contributed by atoms with van der Waals surface area (Å²) in [4.78, 5) is 15.3. The zero-order valence-corrected chi connectivity index (χ0v) is 13.8. The minimum atomic E-state index is 0.121. The highest BCUT2D eigenvalue weighted by Gasteiger charge is 2.42. The molecule has 1 unspecified atom stereocenters. The molecular weight excluding hydrogens is 298 g/mol. The molecule has 2 aliphatic heterocycles. The molecule has 5 heteroatoms. The zero-order valence-electron chi connectivity index (χ0n) is 13.0. The third-order valence-electron chi connectivity index (χ3n) is 4.71. The first-order valence-electron chi connectivity index (χ1n) is 7.82. The van der Waals surface area contributed by atoms with Gasteiger partial charge in [0.25, 0.3) is 0 Å².